The van der Waals surface area contributed by atoms with Crippen molar-refractivity contribution in [3.63, 3.8) is 0 Å². The lowest BCUT2D eigenvalue weighted by atomic mass is 10.1. The molecule has 3 aromatic carbocycles. The van der Waals surface area contributed by atoms with Gasteiger partial charge in [-0.05, 0) is 30.3 Å². The number of para-hydroxylation sites is 2. The van der Waals surface area contributed by atoms with Crippen molar-refractivity contribution in [3.8, 4) is 11.5 Å². The highest BCUT2D eigenvalue weighted by Gasteiger charge is 2.40. The van der Waals surface area contributed by atoms with Gasteiger partial charge in [-0.1, -0.05) is 24.3 Å². The van der Waals surface area contributed by atoms with E-state index >= 15 is 0 Å². The van der Waals surface area contributed by atoms with Crippen LogP contribution >= 0.6 is 0 Å². The SMILES string of the molecule is COC(=O)c1cc(C(=O)OC)cc([S+]2c3ccccc3Oc3ccccc32)c1. The summed E-state index contributed by atoms with van der Waals surface area (Å²) in [7, 11) is 2.07. The first-order valence-corrected chi connectivity index (χ1v) is 9.77. The fraction of sp³-hybridized carbons (Fsp3) is 0.0909. The summed E-state index contributed by atoms with van der Waals surface area (Å²) in [5.74, 6) is 0.496. The molecule has 1 heterocycles. The molecular formula is C22H17O5S+. The van der Waals surface area contributed by atoms with E-state index < -0.39 is 22.8 Å². The number of ether oxygens (including phenoxy) is 3. The maximum Gasteiger partial charge on any atom is 0.338 e. The van der Waals surface area contributed by atoms with Crippen molar-refractivity contribution in [2.24, 2.45) is 0 Å². The van der Waals surface area contributed by atoms with E-state index in [1.54, 1.807) is 12.1 Å². The van der Waals surface area contributed by atoms with Crippen LogP contribution in [0.15, 0.2) is 81.4 Å². The zero-order chi connectivity index (χ0) is 19.7. The third-order valence-electron chi connectivity index (χ3n) is 4.34. The molecule has 0 saturated heterocycles. The van der Waals surface area contributed by atoms with Crippen molar-refractivity contribution in [2.75, 3.05) is 14.2 Å². The lowest BCUT2D eigenvalue weighted by Gasteiger charge is -2.20. The Balaban J connectivity index is 1.96. The topological polar surface area (TPSA) is 61.8 Å². The molecule has 0 bridgehead atoms. The third kappa shape index (κ3) is 3.12. The number of carbonyl (C=O) groups is 2. The van der Waals surface area contributed by atoms with Crippen molar-refractivity contribution in [1.82, 2.24) is 0 Å². The molecular weight excluding hydrogens is 376 g/mol. The van der Waals surface area contributed by atoms with Crippen LogP contribution in [0.2, 0.25) is 0 Å². The number of hydrogen-bond donors (Lipinski definition) is 0. The number of rotatable bonds is 3. The fourth-order valence-corrected chi connectivity index (χ4v) is 5.37. The Hall–Kier alpha value is -3.25. The molecule has 3 aromatic rings. The number of benzene rings is 3. The summed E-state index contributed by atoms with van der Waals surface area (Å²) in [5, 5.41) is 0. The molecule has 1 aliphatic heterocycles. The van der Waals surface area contributed by atoms with Crippen molar-refractivity contribution in [2.45, 2.75) is 14.7 Å². The van der Waals surface area contributed by atoms with Gasteiger partial charge in [-0.25, -0.2) is 9.59 Å². The molecule has 0 N–H and O–H groups in total. The molecule has 0 aromatic heterocycles. The Kier molecular flexibility index (Phi) is 4.79. The Bertz CT molecular complexity index is 996. The van der Waals surface area contributed by atoms with E-state index in [-0.39, 0.29) is 0 Å². The molecule has 4 rings (SSSR count). The van der Waals surface area contributed by atoms with Crippen LogP contribution < -0.4 is 4.74 Å². The molecule has 28 heavy (non-hydrogen) atoms. The summed E-state index contributed by atoms with van der Waals surface area (Å²) in [5.41, 5.74) is 0.601. The second-order valence-corrected chi connectivity index (χ2v) is 7.99. The van der Waals surface area contributed by atoms with Gasteiger partial charge in [0, 0.05) is 12.1 Å². The zero-order valence-corrected chi connectivity index (χ0v) is 16.1. The van der Waals surface area contributed by atoms with Gasteiger partial charge in [0.15, 0.2) is 16.4 Å². The number of methoxy groups -OCH3 is 2. The van der Waals surface area contributed by atoms with E-state index in [0.717, 1.165) is 26.2 Å². The average molecular weight is 393 g/mol. The smallest absolute Gasteiger partial charge is 0.338 e. The maximum atomic E-state index is 12.2. The molecule has 5 nitrogen and oxygen atoms in total. The van der Waals surface area contributed by atoms with E-state index in [1.165, 1.54) is 20.3 Å². The summed E-state index contributed by atoms with van der Waals surface area (Å²) in [6.07, 6.45) is 0. The van der Waals surface area contributed by atoms with Crippen LogP contribution in [0.4, 0.5) is 0 Å². The quantitative estimate of drug-likeness (QED) is 0.380. The molecule has 0 unspecified atom stereocenters. The van der Waals surface area contributed by atoms with Crippen molar-refractivity contribution < 1.29 is 23.8 Å². The largest absolute Gasteiger partial charge is 0.465 e. The predicted molar refractivity (Wildman–Crippen MR) is 104 cm³/mol. The number of carbonyl (C=O) groups excluding carboxylic acids is 2. The Morgan fingerprint density at radius 1 is 0.750 bits per heavy atom. The second kappa shape index (κ2) is 7.40. The standard InChI is InChI=1S/C22H17O5S/c1-25-21(23)14-11-15(22(24)26-2)13-16(12-14)28-19-9-5-3-7-17(19)27-18-8-4-6-10-20(18)28/h3-13H,1-2H3/q+1. The predicted octanol–water partition coefficient (Wildman–Crippen LogP) is 4.46. The molecule has 6 heteroatoms. The normalized spacial score (nSPS) is 12.4. The Morgan fingerprint density at radius 3 is 1.68 bits per heavy atom. The molecule has 0 aliphatic carbocycles. The molecule has 0 atom stereocenters. The summed E-state index contributed by atoms with van der Waals surface area (Å²) < 4.78 is 15.8. The molecule has 0 radical (unpaired) electrons. The monoisotopic (exact) mass is 393 g/mol. The third-order valence-corrected chi connectivity index (χ3v) is 6.60. The minimum atomic E-state index is -0.556. The zero-order valence-electron chi connectivity index (χ0n) is 15.3. The number of fused-ring (bicyclic) bond motifs is 2. The molecule has 0 amide bonds. The van der Waals surface area contributed by atoms with E-state index in [9.17, 15) is 9.59 Å². The van der Waals surface area contributed by atoms with Gasteiger partial charge < -0.3 is 14.2 Å². The van der Waals surface area contributed by atoms with Crippen molar-refractivity contribution in [1.29, 1.82) is 0 Å². The summed E-state index contributed by atoms with van der Waals surface area (Å²) in [6, 6.07) is 20.6. The lowest BCUT2D eigenvalue weighted by Crippen LogP contribution is -2.15. The first-order chi connectivity index (χ1) is 13.6. The highest BCUT2D eigenvalue weighted by molar-refractivity contribution is 7.97. The Labute approximate surface area is 165 Å². The lowest BCUT2D eigenvalue weighted by molar-refractivity contribution is 0.0598. The number of hydrogen-bond acceptors (Lipinski definition) is 5. The second-order valence-electron chi connectivity index (χ2n) is 6.03. The average Bonchev–Trinajstić information content (AvgIpc) is 2.75. The van der Waals surface area contributed by atoms with Crippen LogP contribution in [-0.2, 0) is 20.4 Å². The van der Waals surface area contributed by atoms with Crippen LogP contribution in [0, 0.1) is 0 Å². The van der Waals surface area contributed by atoms with Gasteiger partial charge in [-0.2, -0.15) is 0 Å². The van der Waals surface area contributed by atoms with E-state index in [0.29, 0.717) is 11.1 Å². The van der Waals surface area contributed by atoms with Crippen LogP contribution in [0.25, 0.3) is 0 Å². The van der Waals surface area contributed by atoms with Gasteiger partial charge >= 0.3 is 11.9 Å². The molecule has 0 spiro atoms. The minimum Gasteiger partial charge on any atom is -0.465 e. The van der Waals surface area contributed by atoms with Gasteiger partial charge in [0.05, 0.1) is 25.3 Å². The number of esters is 2. The van der Waals surface area contributed by atoms with E-state index in [1.807, 2.05) is 48.5 Å². The van der Waals surface area contributed by atoms with Crippen LogP contribution in [0.1, 0.15) is 20.7 Å². The van der Waals surface area contributed by atoms with E-state index in [2.05, 4.69) is 0 Å². The minimum absolute atomic E-state index is 0.300. The molecule has 0 saturated carbocycles. The highest BCUT2D eigenvalue weighted by Crippen LogP contribution is 2.46. The van der Waals surface area contributed by atoms with Crippen LogP contribution in [0.5, 0.6) is 11.5 Å². The first kappa shape index (κ1) is 18.1. The Morgan fingerprint density at radius 2 is 1.21 bits per heavy atom. The fourth-order valence-electron chi connectivity index (χ4n) is 3.09. The van der Waals surface area contributed by atoms with E-state index in [4.69, 9.17) is 14.2 Å². The summed E-state index contributed by atoms with van der Waals surface area (Å²) in [4.78, 5) is 27.2. The molecule has 140 valence electrons. The van der Waals surface area contributed by atoms with Gasteiger partial charge in [-0.15, -0.1) is 0 Å². The summed E-state index contributed by atoms with van der Waals surface area (Å²) >= 11 is 0. The van der Waals surface area contributed by atoms with Crippen molar-refractivity contribution >= 4 is 22.8 Å². The van der Waals surface area contributed by atoms with Gasteiger partial charge in [-0.3, -0.25) is 0 Å². The first-order valence-electron chi connectivity index (χ1n) is 8.54. The van der Waals surface area contributed by atoms with Gasteiger partial charge in [0.2, 0.25) is 9.79 Å². The van der Waals surface area contributed by atoms with Crippen molar-refractivity contribution in [3.05, 3.63) is 77.9 Å². The van der Waals surface area contributed by atoms with Gasteiger partial charge in [0.1, 0.15) is 10.9 Å². The highest BCUT2D eigenvalue weighted by atomic mass is 32.2. The summed E-state index contributed by atoms with van der Waals surface area (Å²) in [6.45, 7) is 0. The maximum absolute atomic E-state index is 12.2. The van der Waals surface area contributed by atoms with Crippen LogP contribution in [-0.4, -0.2) is 26.2 Å². The van der Waals surface area contributed by atoms with Crippen LogP contribution in [0.3, 0.4) is 0 Å². The van der Waals surface area contributed by atoms with Gasteiger partial charge in [0.25, 0.3) is 0 Å². The molecule has 0 fully saturated rings. The molecule has 1 aliphatic rings.